The van der Waals surface area contributed by atoms with E-state index in [1.165, 1.54) is 0 Å². The molecule has 0 atom stereocenters. The Balaban J connectivity index is 2.06. The first-order chi connectivity index (χ1) is 12.0. The fourth-order valence-electron chi connectivity index (χ4n) is 2.85. The van der Waals surface area contributed by atoms with Crippen LogP contribution >= 0.6 is 0 Å². The van der Waals surface area contributed by atoms with Crippen LogP contribution in [0.3, 0.4) is 0 Å². The zero-order valence-electron chi connectivity index (χ0n) is 14.8. The summed E-state index contributed by atoms with van der Waals surface area (Å²) in [5, 5.41) is 5.26. The van der Waals surface area contributed by atoms with Crippen LogP contribution in [0.1, 0.15) is 35.9 Å². The molecule has 0 N–H and O–H groups in total. The van der Waals surface area contributed by atoms with Gasteiger partial charge in [-0.3, -0.25) is 4.79 Å². The van der Waals surface area contributed by atoms with Crippen molar-refractivity contribution < 1.29 is 4.79 Å². The number of amides is 1. The third-order valence-electron chi connectivity index (χ3n) is 4.10. The van der Waals surface area contributed by atoms with Gasteiger partial charge in [-0.1, -0.05) is 24.3 Å². The van der Waals surface area contributed by atoms with Gasteiger partial charge in [0.15, 0.2) is 5.65 Å². The number of anilines is 1. The number of aryl methyl sites for hydroxylation is 1. The molecule has 0 saturated heterocycles. The lowest BCUT2D eigenvalue weighted by Crippen LogP contribution is -2.31. The van der Waals surface area contributed by atoms with E-state index in [1.54, 1.807) is 17.2 Å². The van der Waals surface area contributed by atoms with E-state index in [0.29, 0.717) is 17.8 Å². The van der Waals surface area contributed by atoms with Crippen molar-refractivity contribution in [3.05, 3.63) is 66.5 Å². The van der Waals surface area contributed by atoms with Crippen LogP contribution in [-0.2, 0) is 0 Å². The minimum absolute atomic E-state index is 0.0877. The minimum Gasteiger partial charge on any atom is -0.305 e. The lowest BCUT2D eigenvalue weighted by molar-refractivity contribution is 0.0989. The number of carbonyl (C=O) groups excluding carboxylic acids is 1. The first-order valence-corrected chi connectivity index (χ1v) is 8.35. The number of nitrogens with zero attached hydrogens (tertiary/aromatic N) is 4. The Morgan fingerprint density at radius 2 is 2.04 bits per heavy atom. The van der Waals surface area contributed by atoms with Gasteiger partial charge in [-0.25, -0.2) is 9.67 Å². The molecule has 128 valence electrons. The van der Waals surface area contributed by atoms with Crippen LogP contribution in [0.15, 0.2) is 55.3 Å². The molecule has 1 aromatic carbocycles. The number of aromatic nitrogens is 3. The van der Waals surface area contributed by atoms with Crippen molar-refractivity contribution in [3.8, 4) is 0 Å². The highest BCUT2D eigenvalue weighted by molar-refractivity contribution is 6.08. The predicted octanol–water partition coefficient (Wildman–Crippen LogP) is 4.15. The molecule has 0 aliphatic carbocycles. The van der Waals surface area contributed by atoms with Crippen LogP contribution in [0.2, 0.25) is 0 Å². The van der Waals surface area contributed by atoms with Crippen molar-refractivity contribution in [2.45, 2.75) is 26.8 Å². The number of hydrogen-bond donors (Lipinski definition) is 0. The zero-order chi connectivity index (χ0) is 18.0. The van der Waals surface area contributed by atoms with Crippen molar-refractivity contribution in [1.82, 2.24) is 14.8 Å². The lowest BCUT2D eigenvalue weighted by Gasteiger charge is -2.22. The van der Waals surface area contributed by atoms with E-state index in [2.05, 4.69) is 30.5 Å². The molecule has 5 heteroatoms. The highest BCUT2D eigenvalue weighted by Crippen LogP contribution is 2.23. The van der Waals surface area contributed by atoms with Crippen LogP contribution in [0.25, 0.3) is 11.0 Å². The van der Waals surface area contributed by atoms with Crippen LogP contribution in [0.4, 0.5) is 5.69 Å². The fourth-order valence-corrected chi connectivity index (χ4v) is 2.85. The fraction of sp³-hybridized carbons (Fsp3) is 0.250. The average Bonchev–Trinajstić information content (AvgIpc) is 3.02. The van der Waals surface area contributed by atoms with Gasteiger partial charge in [0.05, 0.1) is 17.5 Å². The molecular weight excluding hydrogens is 312 g/mol. The van der Waals surface area contributed by atoms with E-state index in [4.69, 9.17) is 0 Å². The standard InChI is InChI=1S/C20H22N4O/c1-5-11-23(17-9-7-6-8-10-17)20(25)18-12-16-13-21-24(14(2)3)19(16)22-15(18)4/h5-10,12-14H,1,11H2,2-4H3. The summed E-state index contributed by atoms with van der Waals surface area (Å²) in [6, 6.07) is 11.7. The zero-order valence-corrected chi connectivity index (χ0v) is 14.8. The molecule has 0 aliphatic heterocycles. The lowest BCUT2D eigenvalue weighted by atomic mass is 10.1. The summed E-state index contributed by atoms with van der Waals surface area (Å²) in [6.07, 6.45) is 3.49. The van der Waals surface area contributed by atoms with E-state index in [1.807, 2.05) is 48.0 Å². The molecule has 0 aliphatic rings. The minimum atomic E-state index is -0.0877. The second-order valence-electron chi connectivity index (χ2n) is 6.26. The molecular formula is C20H22N4O. The number of fused-ring (bicyclic) bond motifs is 1. The second kappa shape index (κ2) is 6.89. The first-order valence-electron chi connectivity index (χ1n) is 8.35. The molecule has 3 aromatic rings. The van der Waals surface area contributed by atoms with E-state index in [-0.39, 0.29) is 11.9 Å². The topological polar surface area (TPSA) is 51.0 Å². The van der Waals surface area contributed by atoms with Crippen LogP contribution in [0.5, 0.6) is 0 Å². The number of hydrogen-bond acceptors (Lipinski definition) is 3. The third-order valence-corrected chi connectivity index (χ3v) is 4.10. The van der Waals surface area contributed by atoms with Gasteiger partial charge in [-0.15, -0.1) is 6.58 Å². The smallest absolute Gasteiger partial charge is 0.260 e. The van der Waals surface area contributed by atoms with Gasteiger partial charge in [0.2, 0.25) is 0 Å². The number of para-hydroxylation sites is 1. The summed E-state index contributed by atoms with van der Waals surface area (Å²) in [5.74, 6) is -0.0877. The number of carbonyl (C=O) groups is 1. The van der Waals surface area contributed by atoms with Crippen LogP contribution in [-0.4, -0.2) is 27.2 Å². The Morgan fingerprint density at radius 1 is 1.32 bits per heavy atom. The Morgan fingerprint density at radius 3 is 2.68 bits per heavy atom. The average molecular weight is 334 g/mol. The Bertz CT molecular complexity index is 912. The highest BCUT2D eigenvalue weighted by Gasteiger charge is 2.21. The van der Waals surface area contributed by atoms with Gasteiger partial charge in [0.1, 0.15) is 0 Å². The molecule has 2 aromatic heterocycles. The Hall–Kier alpha value is -2.95. The van der Waals surface area contributed by atoms with Crippen LogP contribution < -0.4 is 4.90 Å². The van der Waals surface area contributed by atoms with Gasteiger partial charge in [-0.05, 0) is 39.0 Å². The molecule has 0 unspecified atom stereocenters. The molecule has 3 rings (SSSR count). The quantitative estimate of drug-likeness (QED) is 0.659. The van der Waals surface area contributed by atoms with E-state index < -0.39 is 0 Å². The number of benzene rings is 1. The number of pyridine rings is 1. The first kappa shape index (κ1) is 16.9. The molecule has 0 radical (unpaired) electrons. The van der Waals surface area contributed by atoms with Gasteiger partial charge in [-0.2, -0.15) is 5.10 Å². The molecule has 25 heavy (non-hydrogen) atoms. The second-order valence-corrected chi connectivity index (χ2v) is 6.26. The maximum atomic E-state index is 13.2. The predicted molar refractivity (Wildman–Crippen MR) is 101 cm³/mol. The molecule has 0 spiro atoms. The van der Waals surface area contributed by atoms with Gasteiger partial charge in [0.25, 0.3) is 5.91 Å². The van der Waals surface area contributed by atoms with Gasteiger partial charge >= 0.3 is 0 Å². The van der Waals surface area contributed by atoms with Crippen LogP contribution in [0, 0.1) is 6.92 Å². The molecule has 2 heterocycles. The summed E-state index contributed by atoms with van der Waals surface area (Å²) in [5.41, 5.74) is 2.93. The monoisotopic (exact) mass is 334 g/mol. The maximum Gasteiger partial charge on any atom is 0.260 e. The third kappa shape index (κ3) is 3.18. The summed E-state index contributed by atoms with van der Waals surface area (Å²) >= 11 is 0. The highest BCUT2D eigenvalue weighted by atomic mass is 16.2. The number of rotatable bonds is 5. The van der Waals surface area contributed by atoms with Crippen molar-refractivity contribution in [2.24, 2.45) is 0 Å². The maximum absolute atomic E-state index is 13.2. The molecule has 1 amide bonds. The Labute approximate surface area is 147 Å². The summed E-state index contributed by atoms with van der Waals surface area (Å²) in [7, 11) is 0. The molecule has 0 saturated carbocycles. The Kier molecular flexibility index (Phi) is 4.65. The van der Waals surface area contributed by atoms with Crippen molar-refractivity contribution >= 4 is 22.6 Å². The summed E-state index contributed by atoms with van der Waals surface area (Å²) in [4.78, 5) is 19.5. The molecule has 0 fully saturated rings. The van der Waals surface area contributed by atoms with Crippen molar-refractivity contribution in [2.75, 3.05) is 11.4 Å². The van der Waals surface area contributed by atoms with Gasteiger partial charge in [0, 0.05) is 23.7 Å². The van der Waals surface area contributed by atoms with E-state index in [0.717, 1.165) is 16.7 Å². The van der Waals surface area contributed by atoms with E-state index in [9.17, 15) is 4.79 Å². The van der Waals surface area contributed by atoms with Crippen molar-refractivity contribution in [3.63, 3.8) is 0 Å². The van der Waals surface area contributed by atoms with Crippen molar-refractivity contribution in [1.29, 1.82) is 0 Å². The normalized spacial score (nSPS) is 11.0. The van der Waals surface area contributed by atoms with E-state index >= 15 is 0 Å². The largest absolute Gasteiger partial charge is 0.305 e. The molecule has 5 nitrogen and oxygen atoms in total. The SMILES string of the molecule is C=CCN(C(=O)c1cc2cnn(C(C)C)c2nc1C)c1ccccc1. The van der Waals surface area contributed by atoms with Gasteiger partial charge < -0.3 is 4.90 Å². The summed E-state index contributed by atoms with van der Waals surface area (Å²) in [6.45, 7) is 10.2. The molecule has 0 bridgehead atoms. The summed E-state index contributed by atoms with van der Waals surface area (Å²) < 4.78 is 1.87.